The highest BCUT2D eigenvalue weighted by Crippen LogP contribution is 2.37. The quantitative estimate of drug-likeness (QED) is 0.333. The number of hydrogen-bond donors (Lipinski definition) is 1. The monoisotopic (exact) mass is 612 g/mol. The topological polar surface area (TPSA) is 119 Å². The van der Waals surface area contributed by atoms with Gasteiger partial charge in [-0.15, -0.1) is 0 Å². The van der Waals surface area contributed by atoms with Crippen LogP contribution in [0.2, 0.25) is 0 Å². The number of aliphatic hydroxyl groups excluding tert-OH is 1. The number of amides is 1. The van der Waals surface area contributed by atoms with E-state index in [1.54, 1.807) is 18.4 Å². The molecule has 0 spiro atoms. The lowest BCUT2D eigenvalue weighted by molar-refractivity contribution is -0.153. The fraction of sp³-hybridized carbons (Fsp3) is 0.469. The first-order chi connectivity index (χ1) is 20.9. The van der Waals surface area contributed by atoms with Crippen molar-refractivity contribution in [3.63, 3.8) is 0 Å². The lowest BCUT2D eigenvalue weighted by atomic mass is 9.92. The summed E-state index contributed by atoms with van der Waals surface area (Å²) in [5.74, 6) is 0.425. The van der Waals surface area contributed by atoms with E-state index in [2.05, 4.69) is 0 Å². The van der Waals surface area contributed by atoms with Gasteiger partial charge in [0.25, 0.3) is 5.91 Å². The summed E-state index contributed by atoms with van der Waals surface area (Å²) in [6.07, 6.45) is 8.53. The summed E-state index contributed by atoms with van der Waals surface area (Å²) in [5, 5.41) is 10.6. The van der Waals surface area contributed by atoms with Crippen molar-refractivity contribution in [2.75, 3.05) is 46.5 Å². The molecule has 232 valence electrons. The zero-order valence-electron chi connectivity index (χ0n) is 24.5. The van der Waals surface area contributed by atoms with Crippen LogP contribution in [0.5, 0.6) is 5.75 Å². The standard InChI is InChI=1S/C32H40N2O8S/c1-39-25-11-13-26(14-12-25)43(37,38)34(17-19-35)18-20-40-31-22-24(28-23-41-29-10-6-5-9-27(28)29)21-30(42-31)32(36)33-15-7-3-2-4-8-16-33/h5-6,9-14,21,23-24,31,35H,2-4,7-8,15-20,22H2,1H3/t24-,31+/m0/s1. The maximum atomic E-state index is 13.7. The highest BCUT2D eigenvalue weighted by Gasteiger charge is 2.33. The van der Waals surface area contributed by atoms with E-state index >= 15 is 0 Å². The maximum Gasteiger partial charge on any atom is 0.288 e. The number of para-hydroxylation sites is 1. The number of furan rings is 1. The van der Waals surface area contributed by atoms with Crippen LogP contribution in [0.1, 0.15) is 50.0 Å². The number of fused-ring (bicyclic) bond motifs is 1. The minimum Gasteiger partial charge on any atom is -0.497 e. The number of rotatable bonds is 11. The van der Waals surface area contributed by atoms with E-state index in [-0.39, 0.29) is 48.8 Å². The lowest BCUT2D eigenvalue weighted by Crippen LogP contribution is -2.39. The summed E-state index contributed by atoms with van der Waals surface area (Å²) in [7, 11) is -2.39. The third kappa shape index (κ3) is 7.41. The Balaban J connectivity index is 1.32. The van der Waals surface area contributed by atoms with Gasteiger partial charge in [0.2, 0.25) is 16.3 Å². The molecule has 10 nitrogen and oxygen atoms in total. The van der Waals surface area contributed by atoms with E-state index < -0.39 is 16.3 Å². The Morgan fingerprint density at radius 3 is 2.47 bits per heavy atom. The first-order valence-electron chi connectivity index (χ1n) is 14.9. The zero-order valence-corrected chi connectivity index (χ0v) is 25.3. The molecule has 1 saturated heterocycles. The van der Waals surface area contributed by atoms with Gasteiger partial charge in [-0.1, -0.05) is 37.5 Å². The van der Waals surface area contributed by atoms with Crippen LogP contribution in [0.15, 0.2) is 75.9 Å². The molecular weight excluding hydrogens is 572 g/mol. The van der Waals surface area contributed by atoms with Gasteiger partial charge in [-0.3, -0.25) is 4.79 Å². The summed E-state index contributed by atoms with van der Waals surface area (Å²) in [6.45, 7) is 0.929. The van der Waals surface area contributed by atoms with Gasteiger partial charge >= 0.3 is 0 Å². The normalized spacial score (nSPS) is 19.9. The predicted molar refractivity (Wildman–Crippen MR) is 161 cm³/mol. The van der Waals surface area contributed by atoms with Crippen LogP contribution in [0.3, 0.4) is 0 Å². The van der Waals surface area contributed by atoms with Gasteiger partial charge in [0.1, 0.15) is 11.3 Å². The van der Waals surface area contributed by atoms with Crippen molar-refractivity contribution in [3.05, 3.63) is 72.2 Å². The van der Waals surface area contributed by atoms with Gasteiger partial charge in [-0.05, 0) is 49.2 Å². The number of methoxy groups -OCH3 is 1. The molecule has 3 aromatic rings. The van der Waals surface area contributed by atoms with E-state index in [1.165, 1.54) is 30.0 Å². The van der Waals surface area contributed by atoms with Crippen LogP contribution in [0.4, 0.5) is 0 Å². The van der Waals surface area contributed by atoms with Crippen LogP contribution >= 0.6 is 0 Å². The number of allylic oxidation sites excluding steroid dienone is 1. The Hall–Kier alpha value is -3.38. The van der Waals surface area contributed by atoms with Gasteiger partial charge in [0.05, 0.1) is 31.5 Å². The average molecular weight is 613 g/mol. The maximum absolute atomic E-state index is 13.7. The van der Waals surface area contributed by atoms with Gasteiger partial charge < -0.3 is 28.6 Å². The second-order valence-electron chi connectivity index (χ2n) is 10.8. The molecule has 3 heterocycles. The summed E-state index contributed by atoms with van der Waals surface area (Å²) in [6, 6.07) is 13.8. The Kier molecular flexibility index (Phi) is 10.4. The fourth-order valence-corrected chi connectivity index (χ4v) is 7.08. The Morgan fingerprint density at radius 1 is 1.02 bits per heavy atom. The molecule has 1 N–H and O–H groups in total. The van der Waals surface area contributed by atoms with Crippen LogP contribution in [0, 0.1) is 0 Å². The average Bonchev–Trinajstić information content (AvgIpc) is 3.44. The summed E-state index contributed by atoms with van der Waals surface area (Å²) >= 11 is 0. The van der Waals surface area contributed by atoms with Crippen LogP contribution in [0.25, 0.3) is 11.0 Å². The number of sulfonamides is 1. The molecule has 1 aromatic heterocycles. The first kappa shape index (κ1) is 31.1. The zero-order chi connectivity index (χ0) is 30.2. The van der Waals surface area contributed by atoms with Crippen molar-refractivity contribution in [1.82, 2.24) is 9.21 Å². The van der Waals surface area contributed by atoms with E-state index in [0.717, 1.165) is 42.2 Å². The fourth-order valence-electron chi connectivity index (χ4n) is 5.67. The second-order valence-corrected chi connectivity index (χ2v) is 12.8. The van der Waals surface area contributed by atoms with Crippen molar-refractivity contribution >= 4 is 26.9 Å². The molecule has 0 unspecified atom stereocenters. The summed E-state index contributed by atoms with van der Waals surface area (Å²) in [4.78, 5) is 15.6. The SMILES string of the molecule is COc1ccc(S(=O)(=O)N(CCO)CCO[C@H]2C[C@@H](c3coc4ccccc34)C=C(C(=O)N3CCCCCCC3)O2)cc1. The minimum absolute atomic E-state index is 0.00406. The molecule has 0 radical (unpaired) electrons. The Bertz CT molecular complexity index is 1490. The van der Waals surface area contributed by atoms with E-state index in [4.69, 9.17) is 18.6 Å². The molecule has 0 saturated carbocycles. The number of nitrogens with zero attached hydrogens (tertiary/aromatic N) is 2. The van der Waals surface area contributed by atoms with Crippen molar-refractivity contribution < 1.29 is 36.9 Å². The molecule has 11 heteroatoms. The largest absolute Gasteiger partial charge is 0.497 e. The Morgan fingerprint density at radius 2 is 1.74 bits per heavy atom. The molecule has 2 aliphatic rings. The first-order valence-corrected chi connectivity index (χ1v) is 16.3. The second kappa shape index (κ2) is 14.4. The number of carbonyl (C=O) groups is 1. The smallest absolute Gasteiger partial charge is 0.288 e. The van der Waals surface area contributed by atoms with Gasteiger partial charge in [-0.2, -0.15) is 4.31 Å². The Labute approximate surface area is 252 Å². The van der Waals surface area contributed by atoms with Crippen molar-refractivity contribution in [2.45, 2.75) is 55.6 Å². The van der Waals surface area contributed by atoms with Crippen LogP contribution < -0.4 is 4.74 Å². The predicted octanol–water partition coefficient (Wildman–Crippen LogP) is 4.65. The summed E-state index contributed by atoms with van der Waals surface area (Å²) < 4.78 is 51.0. The highest BCUT2D eigenvalue weighted by molar-refractivity contribution is 7.89. The van der Waals surface area contributed by atoms with Crippen LogP contribution in [-0.2, 0) is 24.3 Å². The number of ether oxygens (including phenoxy) is 3. The molecular formula is C32H40N2O8S. The third-order valence-corrected chi connectivity index (χ3v) is 9.93. The van der Waals surface area contributed by atoms with E-state index in [0.29, 0.717) is 25.3 Å². The highest BCUT2D eigenvalue weighted by atomic mass is 32.2. The molecule has 2 aromatic carbocycles. The molecule has 1 fully saturated rings. The molecule has 2 aliphatic heterocycles. The number of aliphatic hydroxyl groups is 1. The molecule has 1 amide bonds. The lowest BCUT2D eigenvalue weighted by Gasteiger charge is -2.32. The molecule has 0 aliphatic carbocycles. The number of hydrogen-bond acceptors (Lipinski definition) is 8. The van der Waals surface area contributed by atoms with Crippen molar-refractivity contribution in [1.29, 1.82) is 0 Å². The van der Waals surface area contributed by atoms with E-state index in [1.807, 2.05) is 35.2 Å². The number of likely N-dealkylation sites (tertiary alicyclic amines) is 1. The van der Waals surface area contributed by atoms with Crippen molar-refractivity contribution in [3.8, 4) is 5.75 Å². The number of carbonyl (C=O) groups excluding carboxylic acids is 1. The minimum atomic E-state index is -3.89. The molecule has 0 bridgehead atoms. The third-order valence-electron chi connectivity index (χ3n) is 8.01. The van der Waals surface area contributed by atoms with E-state index in [9.17, 15) is 18.3 Å². The molecule has 43 heavy (non-hydrogen) atoms. The van der Waals surface area contributed by atoms with Crippen molar-refractivity contribution in [2.24, 2.45) is 0 Å². The number of benzene rings is 2. The van der Waals surface area contributed by atoms with Gasteiger partial charge in [0, 0.05) is 49.5 Å². The molecule has 2 atom stereocenters. The van der Waals surface area contributed by atoms with Gasteiger partial charge in [-0.25, -0.2) is 8.42 Å². The summed E-state index contributed by atoms with van der Waals surface area (Å²) in [5.41, 5.74) is 1.70. The molecule has 5 rings (SSSR count). The van der Waals surface area contributed by atoms with Crippen LogP contribution in [-0.4, -0.2) is 81.4 Å². The van der Waals surface area contributed by atoms with Gasteiger partial charge in [0.15, 0.2) is 5.76 Å².